The molecule has 0 aromatic heterocycles. The molecule has 0 heterocycles. The normalized spacial score (nSPS) is 10.7. The third-order valence-electron chi connectivity index (χ3n) is 1.91. The smallest absolute Gasteiger partial charge is 0.222 e. The highest BCUT2D eigenvalue weighted by Crippen LogP contribution is 2.12. The Morgan fingerprint density at radius 1 is 1.20 bits per heavy atom. The summed E-state index contributed by atoms with van der Waals surface area (Å²) in [5.41, 5.74) is 1.06. The maximum Gasteiger partial charge on any atom is 0.222 e. The number of hydrogen-bond acceptors (Lipinski definition) is 3. The molecule has 0 saturated carbocycles. The Hall–Kier alpha value is -1.36. The zero-order valence-corrected chi connectivity index (χ0v) is 9.45. The predicted octanol–water partition coefficient (Wildman–Crippen LogP) is 1.46. The molecule has 1 rings (SSSR count). The summed E-state index contributed by atoms with van der Waals surface area (Å²) in [7, 11) is -2.65. The molecule has 15 heavy (non-hydrogen) atoms. The molecule has 0 fully saturated rings. The van der Waals surface area contributed by atoms with Crippen molar-refractivity contribution in [3.8, 4) is 0 Å². The Bertz CT molecular complexity index is 413. The number of thiol groups is 1. The summed E-state index contributed by atoms with van der Waals surface area (Å²) in [5, 5.41) is 0. The van der Waals surface area contributed by atoms with Crippen molar-refractivity contribution in [3.63, 3.8) is 0 Å². The first-order valence-electron chi connectivity index (χ1n) is 4.56. The van der Waals surface area contributed by atoms with Crippen LogP contribution < -0.4 is 4.72 Å². The fourth-order valence-corrected chi connectivity index (χ4v) is 1.51. The van der Waals surface area contributed by atoms with Crippen LogP contribution in [0.4, 0.5) is 5.69 Å². The van der Waals surface area contributed by atoms with Gasteiger partial charge in [-0.1, -0.05) is 13.8 Å². The highest BCUT2D eigenvalue weighted by molar-refractivity contribution is 7.73. The van der Waals surface area contributed by atoms with Crippen molar-refractivity contribution in [2.75, 3.05) is 4.72 Å². The van der Waals surface area contributed by atoms with Gasteiger partial charge in [0.2, 0.25) is 10.9 Å². The average Bonchev–Trinajstić information content (AvgIpc) is 2.17. The van der Waals surface area contributed by atoms with Crippen molar-refractivity contribution < 1.29 is 13.2 Å². The summed E-state index contributed by atoms with van der Waals surface area (Å²) < 4.78 is 23.0. The molecule has 0 bridgehead atoms. The lowest BCUT2D eigenvalue weighted by atomic mass is 10.0. The van der Waals surface area contributed by atoms with Gasteiger partial charge in [0, 0.05) is 17.2 Å². The second-order valence-electron chi connectivity index (χ2n) is 3.47. The van der Waals surface area contributed by atoms with Crippen molar-refractivity contribution >= 4 is 22.4 Å². The highest BCUT2D eigenvalue weighted by atomic mass is 32.2. The third-order valence-corrected chi connectivity index (χ3v) is 2.35. The Morgan fingerprint density at radius 3 is 2.13 bits per heavy atom. The minimum absolute atomic E-state index is 0.0491. The van der Waals surface area contributed by atoms with Gasteiger partial charge in [0.15, 0.2) is 5.78 Å². The maximum atomic E-state index is 11.5. The van der Waals surface area contributed by atoms with Gasteiger partial charge < -0.3 is 0 Å². The van der Waals surface area contributed by atoms with E-state index in [2.05, 4.69) is 4.72 Å². The standard InChI is InChI=1S/C10H13NO3S/c1-7(2)10(12)8-3-5-9(6-4-8)11-15(13)14/h3-7,15H,1-2H3,(H,11,13,14). The lowest BCUT2D eigenvalue weighted by Crippen LogP contribution is -2.07. The largest absolute Gasteiger partial charge is 0.294 e. The number of carbonyl (C=O) groups is 1. The van der Waals surface area contributed by atoms with Gasteiger partial charge in [-0.05, 0) is 24.3 Å². The van der Waals surface area contributed by atoms with E-state index in [1.54, 1.807) is 24.3 Å². The van der Waals surface area contributed by atoms with Crippen LogP contribution in [0.25, 0.3) is 0 Å². The summed E-state index contributed by atoms with van der Waals surface area (Å²) in [6.45, 7) is 3.64. The zero-order valence-electron chi connectivity index (χ0n) is 8.56. The molecule has 1 aromatic rings. The van der Waals surface area contributed by atoms with Crippen LogP contribution in [-0.4, -0.2) is 14.2 Å². The van der Waals surface area contributed by atoms with Gasteiger partial charge in [-0.2, -0.15) is 0 Å². The second kappa shape index (κ2) is 4.93. The van der Waals surface area contributed by atoms with Crippen molar-refractivity contribution in [2.45, 2.75) is 13.8 Å². The van der Waals surface area contributed by atoms with E-state index in [0.29, 0.717) is 11.3 Å². The molecule has 0 aliphatic heterocycles. The highest BCUT2D eigenvalue weighted by Gasteiger charge is 2.09. The van der Waals surface area contributed by atoms with E-state index < -0.39 is 10.9 Å². The van der Waals surface area contributed by atoms with Crippen molar-refractivity contribution in [3.05, 3.63) is 29.8 Å². The molecule has 0 amide bonds. The fraction of sp³-hybridized carbons (Fsp3) is 0.300. The summed E-state index contributed by atoms with van der Waals surface area (Å²) in [6.07, 6.45) is 0. The van der Waals surface area contributed by atoms with E-state index in [1.807, 2.05) is 13.8 Å². The first-order valence-corrected chi connectivity index (χ1v) is 5.74. The number of rotatable bonds is 4. The number of carbonyl (C=O) groups excluding carboxylic acids is 1. The molecular weight excluding hydrogens is 214 g/mol. The summed E-state index contributed by atoms with van der Waals surface area (Å²) >= 11 is 0. The molecule has 0 radical (unpaired) electrons. The molecule has 0 saturated heterocycles. The monoisotopic (exact) mass is 227 g/mol. The van der Waals surface area contributed by atoms with Crippen molar-refractivity contribution in [1.29, 1.82) is 0 Å². The Morgan fingerprint density at radius 2 is 1.73 bits per heavy atom. The molecule has 1 aromatic carbocycles. The van der Waals surface area contributed by atoms with Gasteiger partial charge in [0.05, 0.1) is 0 Å². The molecule has 0 aliphatic carbocycles. The molecule has 0 atom stereocenters. The Balaban J connectivity index is 2.85. The summed E-state index contributed by atoms with van der Waals surface area (Å²) in [6, 6.07) is 6.37. The molecule has 0 aliphatic rings. The number of anilines is 1. The molecule has 5 heteroatoms. The first kappa shape index (κ1) is 11.7. The summed E-state index contributed by atoms with van der Waals surface area (Å²) in [5.74, 6) is -0.00647. The number of benzene rings is 1. The maximum absolute atomic E-state index is 11.5. The zero-order chi connectivity index (χ0) is 11.4. The van der Waals surface area contributed by atoms with Crippen LogP contribution in [0.5, 0.6) is 0 Å². The molecule has 0 unspecified atom stereocenters. The van der Waals surface area contributed by atoms with Gasteiger partial charge >= 0.3 is 0 Å². The van der Waals surface area contributed by atoms with Crippen LogP contribution in [0.15, 0.2) is 24.3 Å². The van der Waals surface area contributed by atoms with Crippen LogP contribution in [0, 0.1) is 5.92 Å². The first-order chi connectivity index (χ1) is 7.00. The van der Waals surface area contributed by atoms with E-state index in [1.165, 1.54) is 0 Å². The number of hydrogen-bond donors (Lipinski definition) is 2. The van der Waals surface area contributed by atoms with Gasteiger partial charge in [0.1, 0.15) is 0 Å². The second-order valence-corrected chi connectivity index (χ2v) is 4.20. The van der Waals surface area contributed by atoms with E-state index >= 15 is 0 Å². The molecular formula is C10H13NO3S. The number of ketones is 1. The van der Waals surface area contributed by atoms with Gasteiger partial charge in [0.25, 0.3) is 0 Å². The minimum Gasteiger partial charge on any atom is -0.294 e. The Labute approximate surface area is 90.4 Å². The van der Waals surface area contributed by atoms with E-state index in [-0.39, 0.29) is 11.7 Å². The van der Waals surface area contributed by atoms with Crippen LogP contribution in [0.1, 0.15) is 24.2 Å². The van der Waals surface area contributed by atoms with Crippen molar-refractivity contribution in [1.82, 2.24) is 0 Å². The van der Waals surface area contributed by atoms with Crippen LogP contribution in [-0.2, 0) is 10.9 Å². The molecule has 1 N–H and O–H groups in total. The quantitative estimate of drug-likeness (QED) is 0.604. The SMILES string of the molecule is CC(C)C(=O)c1ccc(N[SH](=O)=O)cc1. The lowest BCUT2D eigenvalue weighted by molar-refractivity contribution is 0.0939. The minimum atomic E-state index is -2.65. The predicted molar refractivity (Wildman–Crippen MR) is 59.5 cm³/mol. The average molecular weight is 227 g/mol. The molecule has 4 nitrogen and oxygen atoms in total. The van der Waals surface area contributed by atoms with Gasteiger partial charge in [-0.3, -0.25) is 9.52 Å². The summed E-state index contributed by atoms with van der Waals surface area (Å²) in [4.78, 5) is 11.5. The number of nitrogens with one attached hydrogen (secondary N) is 1. The molecule has 0 spiro atoms. The topological polar surface area (TPSA) is 63.2 Å². The van der Waals surface area contributed by atoms with E-state index in [9.17, 15) is 13.2 Å². The number of Topliss-reactive ketones (excluding diaryl/α,β-unsaturated/α-hetero) is 1. The third kappa shape index (κ3) is 3.36. The van der Waals surface area contributed by atoms with E-state index in [0.717, 1.165) is 0 Å². The van der Waals surface area contributed by atoms with Crippen LogP contribution >= 0.6 is 0 Å². The van der Waals surface area contributed by atoms with Crippen LogP contribution in [0.3, 0.4) is 0 Å². The Kier molecular flexibility index (Phi) is 3.85. The molecule has 82 valence electrons. The van der Waals surface area contributed by atoms with Gasteiger partial charge in [-0.15, -0.1) is 0 Å². The van der Waals surface area contributed by atoms with E-state index in [4.69, 9.17) is 0 Å². The fourth-order valence-electron chi connectivity index (χ4n) is 1.15. The lowest BCUT2D eigenvalue weighted by Gasteiger charge is -2.04. The van der Waals surface area contributed by atoms with Gasteiger partial charge in [-0.25, -0.2) is 8.42 Å². The van der Waals surface area contributed by atoms with Crippen molar-refractivity contribution in [2.24, 2.45) is 5.92 Å². The van der Waals surface area contributed by atoms with Crippen LogP contribution in [0.2, 0.25) is 0 Å².